The first kappa shape index (κ1) is 23.9. The fourth-order valence-electron chi connectivity index (χ4n) is 4.41. The molecule has 0 radical (unpaired) electrons. The number of carbonyl (C=O) groups excluding carboxylic acids is 2. The second-order valence-electron chi connectivity index (χ2n) is 8.77. The monoisotopic (exact) mass is 465 g/mol. The number of hydrogen-bond donors (Lipinski definition) is 1. The maximum atomic E-state index is 13.1. The Kier molecular flexibility index (Phi) is 7.59. The number of benzene rings is 1. The third-order valence-corrected chi connectivity index (χ3v) is 6.04. The number of amides is 1. The molecule has 1 N–H and O–H groups in total. The molecular weight excluding hydrogens is 434 g/mol. The molecule has 8 nitrogen and oxygen atoms in total. The fourth-order valence-corrected chi connectivity index (χ4v) is 4.41. The Morgan fingerprint density at radius 3 is 2.41 bits per heavy atom. The van der Waals surface area contributed by atoms with Gasteiger partial charge in [0.2, 0.25) is 0 Å². The van der Waals surface area contributed by atoms with Crippen LogP contribution in [0.1, 0.15) is 37.4 Å². The lowest BCUT2D eigenvalue weighted by Gasteiger charge is -2.29. The summed E-state index contributed by atoms with van der Waals surface area (Å²) in [5.74, 6) is -0.786. The summed E-state index contributed by atoms with van der Waals surface area (Å²) < 4.78 is 11.1. The minimum absolute atomic E-state index is 0.0222. The number of carbonyl (C=O) groups is 2. The molecule has 1 atom stereocenters. The number of aromatic nitrogens is 1. The lowest BCUT2D eigenvalue weighted by molar-refractivity contribution is -0.140. The van der Waals surface area contributed by atoms with Crippen molar-refractivity contribution in [2.24, 2.45) is 0 Å². The Labute approximate surface area is 199 Å². The van der Waals surface area contributed by atoms with Crippen LogP contribution in [0.15, 0.2) is 54.4 Å². The van der Waals surface area contributed by atoms with Gasteiger partial charge in [0.25, 0.3) is 11.7 Å². The van der Waals surface area contributed by atoms with Gasteiger partial charge < -0.3 is 19.5 Å². The highest BCUT2D eigenvalue weighted by Gasteiger charge is 2.45. The van der Waals surface area contributed by atoms with Crippen molar-refractivity contribution in [3.8, 4) is 5.75 Å². The number of rotatable bonds is 8. The van der Waals surface area contributed by atoms with E-state index in [1.807, 2.05) is 13.8 Å². The first-order valence-corrected chi connectivity index (χ1v) is 11.7. The van der Waals surface area contributed by atoms with Crippen LogP contribution in [0, 0.1) is 0 Å². The van der Waals surface area contributed by atoms with Crippen molar-refractivity contribution < 1.29 is 24.2 Å². The maximum Gasteiger partial charge on any atom is 0.295 e. The molecule has 2 aliphatic rings. The zero-order valence-corrected chi connectivity index (χ0v) is 19.6. The molecule has 0 spiro atoms. The van der Waals surface area contributed by atoms with E-state index in [0.717, 1.165) is 31.6 Å². The number of likely N-dealkylation sites (tertiary alicyclic amines) is 1. The van der Waals surface area contributed by atoms with E-state index in [-0.39, 0.29) is 17.4 Å². The molecule has 0 aliphatic carbocycles. The van der Waals surface area contributed by atoms with E-state index in [1.54, 1.807) is 53.7 Å². The Bertz CT molecular complexity index is 1030. The number of aliphatic hydroxyl groups is 1. The molecule has 2 aliphatic heterocycles. The van der Waals surface area contributed by atoms with Gasteiger partial charge in [-0.2, -0.15) is 0 Å². The van der Waals surface area contributed by atoms with E-state index in [1.165, 1.54) is 0 Å². The van der Waals surface area contributed by atoms with Crippen molar-refractivity contribution in [2.45, 2.75) is 32.4 Å². The van der Waals surface area contributed by atoms with Crippen molar-refractivity contribution in [3.05, 3.63) is 65.5 Å². The molecule has 34 heavy (non-hydrogen) atoms. The summed E-state index contributed by atoms with van der Waals surface area (Å²) in [6.07, 6.45) is 3.99. The summed E-state index contributed by atoms with van der Waals surface area (Å²) >= 11 is 0. The van der Waals surface area contributed by atoms with Gasteiger partial charge in [0, 0.05) is 44.1 Å². The molecule has 1 aromatic carbocycles. The highest BCUT2D eigenvalue weighted by atomic mass is 16.5. The molecule has 2 fully saturated rings. The van der Waals surface area contributed by atoms with Crippen LogP contribution in [0.2, 0.25) is 0 Å². The van der Waals surface area contributed by atoms with Gasteiger partial charge in [-0.05, 0) is 62.2 Å². The van der Waals surface area contributed by atoms with Crippen LogP contribution in [0.4, 0.5) is 0 Å². The van der Waals surface area contributed by atoms with Gasteiger partial charge in [-0.25, -0.2) is 0 Å². The average Bonchev–Trinajstić information content (AvgIpc) is 3.10. The van der Waals surface area contributed by atoms with Crippen molar-refractivity contribution in [1.82, 2.24) is 14.8 Å². The van der Waals surface area contributed by atoms with Crippen LogP contribution in [0.3, 0.4) is 0 Å². The standard InChI is InChI=1S/C26H31N3O5/c1-18(2)34-21-6-4-20(5-7-21)24(30)22-23(19-8-10-27-11-9-19)29(26(32)25(22)31)13-3-12-28-14-16-33-17-15-28/h4-11,18,23,30H,3,12-17H2,1-2H3. The Morgan fingerprint density at radius 2 is 1.76 bits per heavy atom. The van der Waals surface area contributed by atoms with Crippen molar-refractivity contribution in [1.29, 1.82) is 0 Å². The number of ether oxygens (including phenoxy) is 2. The zero-order valence-electron chi connectivity index (χ0n) is 19.6. The highest BCUT2D eigenvalue weighted by Crippen LogP contribution is 2.39. The van der Waals surface area contributed by atoms with Gasteiger partial charge in [0.15, 0.2) is 0 Å². The molecule has 8 heteroatoms. The van der Waals surface area contributed by atoms with E-state index >= 15 is 0 Å². The maximum absolute atomic E-state index is 13.1. The van der Waals surface area contributed by atoms with Gasteiger partial charge in [-0.15, -0.1) is 0 Å². The number of ketones is 1. The fraction of sp³-hybridized carbons (Fsp3) is 0.423. The third kappa shape index (κ3) is 5.29. The van der Waals surface area contributed by atoms with Crippen LogP contribution in [0.5, 0.6) is 5.75 Å². The molecule has 0 saturated carbocycles. The van der Waals surface area contributed by atoms with E-state index in [2.05, 4.69) is 9.88 Å². The summed E-state index contributed by atoms with van der Waals surface area (Å²) in [6.45, 7) is 8.24. The number of pyridine rings is 1. The molecule has 4 rings (SSSR count). The predicted octanol–water partition coefficient (Wildman–Crippen LogP) is 3.01. The van der Waals surface area contributed by atoms with Gasteiger partial charge in [0.1, 0.15) is 11.5 Å². The molecular formula is C26H31N3O5. The number of Topliss-reactive ketones (excluding diaryl/α,β-unsaturated/α-hetero) is 1. The number of morpholine rings is 1. The van der Waals surface area contributed by atoms with Gasteiger partial charge in [-0.1, -0.05) is 0 Å². The largest absolute Gasteiger partial charge is 0.507 e. The van der Waals surface area contributed by atoms with Crippen LogP contribution >= 0.6 is 0 Å². The van der Waals surface area contributed by atoms with Crippen LogP contribution < -0.4 is 4.74 Å². The number of nitrogens with zero attached hydrogens (tertiary/aromatic N) is 3. The van der Waals surface area contributed by atoms with Gasteiger partial charge in [-0.3, -0.25) is 19.5 Å². The highest BCUT2D eigenvalue weighted by molar-refractivity contribution is 6.46. The SMILES string of the molecule is CC(C)Oc1ccc(C(O)=C2C(=O)C(=O)N(CCCN3CCOCC3)C2c2ccncc2)cc1. The Hall–Kier alpha value is -3.23. The van der Waals surface area contributed by atoms with Crippen LogP contribution in [0.25, 0.3) is 5.76 Å². The molecule has 1 unspecified atom stereocenters. The molecule has 2 aromatic rings. The molecule has 0 bridgehead atoms. The second kappa shape index (κ2) is 10.8. The topological polar surface area (TPSA) is 92.2 Å². The summed E-state index contributed by atoms with van der Waals surface area (Å²) in [7, 11) is 0. The minimum atomic E-state index is -0.673. The summed E-state index contributed by atoms with van der Waals surface area (Å²) in [6, 6.07) is 9.77. The second-order valence-corrected chi connectivity index (χ2v) is 8.77. The van der Waals surface area contributed by atoms with Crippen molar-refractivity contribution in [2.75, 3.05) is 39.4 Å². The van der Waals surface area contributed by atoms with Crippen molar-refractivity contribution in [3.63, 3.8) is 0 Å². The third-order valence-electron chi connectivity index (χ3n) is 6.04. The van der Waals surface area contributed by atoms with E-state index in [9.17, 15) is 14.7 Å². The molecule has 2 saturated heterocycles. The van der Waals surface area contributed by atoms with Crippen LogP contribution in [-0.4, -0.2) is 77.1 Å². The van der Waals surface area contributed by atoms with E-state index < -0.39 is 17.7 Å². The normalized spacial score (nSPS) is 20.8. The number of aliphatic hydroxyl groups excluding tert-OH is 1. The van der Waals surface area contributed by atoms with Crippen molar-refractivity contribution >= 4 is 17.4 Å². The van der Waals surface area contributed by atoms with E-state index in [4.69, 9.17) is 9.47 Å². The summed E-state index contributed by atoms with van der Waals surface area (Å²) in [4.78, 5) is 34.1. The van der Waals surface area contributed by atoms with Crippen LogP contribution in [-0.2, 0) is 14.3 Å². The Morgan fingerprint density at radius 1 is 1.09 bits per heavy atom. The summed E-state index contributed by atoms with van der Waals surface area (Å²) in [5.41, 5.74) is 1.29. The first-order chi connectivity index (χ1) is 16.5. The lowest BCUT2D eigenvalue weighted by Crippen LogP contribution is -2.38. The zero-order chi connectivity index (χ0) is 24.1. The summed E-state index contributed by atoms with van der Waals surface area (Å²) in [5, 5.41) is 11.2. The smallest absolute Gasteiger partial charge is 0.295 e. The predicted molar refractivity (Wildman–Crippen MR) is 127 cm³/mol. The minimum Gasteiger partial charge on any atom is -0.507 e. The van der Waals surface area contributed by atoms with Gasteiger partial charge in [0.05, 0.1) is 30.9 Å². The lowest BCUT2D eigenvalue weighted by atomic mass is 9.96. The molecule has 3 heterocycles. The quantitative estimate of drug-likeness (QED) is 0.364. The molecule has 180 valence electrons. The molecule has 1 aromatic heterocycles. The average molecular weight is 466 g/mol. The van der Waals surface area contributed by atoms with Gasteiger partial charge >= 0.3 is 0 Å². The first-order valence-electron chi connectivity index (χ1n) is 11.7. The Balaban J connectivity index is 1.62. The van der Waals surface area contributed by atoms with E-state index in [0.29, 0.717) is 31.1 Å². The number of hydrogen-bond acceptors (Lipinski definition) is 7. The molecule has 1 amide bonds.